The third kappa shape index (κ3) is 5.52. The fraction of sp³-hybridized carbons (Fsp3) is 0.818. The number of rotatable bonds is 6. The molecule has 0 spiro atoms. The minimum Gasteiger partial charge on any atom is -0.394 e. The molecule has 0 aromatic heterocycles. The Balaban J connectivity index is 4.52. The number of aliphatic hydroxyl groups excluding tert-OH is 1. The van der Waals surface area contributed by atoms with Crippen LogP contribution in [0, 0.1) is 11.3 Å². The molecule has 0 fully saturated rings. The molecule has 0 aromatic carbocycles. The minimum absolute atomic E-state index is 0.0545. The van der Waals surface area contributed by atoms with Crippen molar-refractivity contribution in [3.8, 4) is 0 Å². The van der Waals surface area contributed by atoms with E-state index in [0.29, 0.717) is 12.5 Å². The van der Waals surface area contributed by atoms with Gasteiger partial charge in [0.05, 0.1) is 18.9 Å². The first kappa shape index (κ1) is 14.1. The Bertz CT molecular complexity index is 232. The molecule has 0 heterocycles. The third-order valence-electron chi connectivity index (χ3n) is 2.19. The summed E-state index contributed by atoms with van der Waals surface area (Å²) in [6, 6.07) is 0. The zero-order valence-electron chi connectivity index (χ0n) is 10.2. The van der Waals surface area contributed by atoms with E-state index in [1.54, 1.807) is 6.21 Å². The molecule has 4 nitrogen and oxygen atoms in total. The summed E-state index contributed by atoms with van der Waals surface area (Å²) in [6.45, 7) is 8.99. The molecular formula is C11H23N3O. The maximum absolute atomic E-state index is 8.62. The second kappa shape index (κ2) is 6.56. The van der Waals surface area contributed by atoms with Gasteiger partial charge in [-0.15, -0.1) is 0 Å². The number of aliphatic hydroxyl groups is 1. The zero-order chi connectivity index (χ0) is 11.9. The van der Waals surface area contributed by atoms with Crippen molar-refractivity contribution in [2.45, 2.75) is 34.1 Å². The summed E-state index contributed by atoms with van der Waals surface area (Å²) in [4.78, 5) is 4.05. The monoisotopic (exact) mass is 213 g/mol. The lowest BCUT2D eigenvalue weighted by molar-refractivity contribution is 0.307. The van der Waals surface area contributed by atoms with Crippen LogP contribution in [0.4, 0.5) is 0 Å². The summed E-state index contributed by atoms with van der Waals surface area (Å²) in [7, 11) is 0. The van der Waals surface area contributed by atoms with E-state index in [1.807, 2.05) is 0 Å². The lowest BCUT2D eigenvalue weighted by Crippen LogP contribution is -2.28. The smallest absolute Gasteiger partial charge is 0.0834 e. The van der Waals surface area contributed by atoms with Crippen LogP contribution in [0.1, 0.15) is 34.1 Å². The Kier molecular flexibility index (Phi) is 6.17. The highest BCUT2D eigenvalue weighted by molar-refractivity contribution is 6.32. The lowest BCUT2D eigenvalue weighted by Gasteiger charge is -2.25. The van der Waals surface area contributed by atoms with Gasteiger partial charge in [0.2, 0.25) is 0 Å². The Morgan fingerprint density at radius 1 is 1.47 bits per heavy atom. The molecule has 0 aliphatic carbocycles. The van der Waals surface area contributed by atoms with Crippen LogP contribution in [0.2, 0.25) is 0 Å². The Hall–Kier alpha value is -0.900. The molecule has 0 bridgehead atoms. The molecule has 0 aliphatic rings. The summed E-state index contributed by atoms with van der Waals surface area (Å²) in [5.74, 6) is 5.94. The van der Waals surface area contributed by atoms with Crippen LogP contribution in [0.3, 0.4) is 0 Å². The fourth-order valence-corrected chi connectivity index (χ4v) is 1.72. The number of nitrogens with two attached hydrogens (primary N) is 1. The molecule has 3 N–H and O–H groups in total. The number of nitrogens with zero attached hydrogens (tertiary/aromatic N) is 2. The van der Waals surface area contributed by atoms with Crippen molar-refractivity contribution in [2.24, 2.45) is 27.3 Å². The Labute approximate surface area is 92.3 Å². The van der Waals surface area contributed by atoms with Gasteiger partial charge in [-0.3, -0.25) is 4.99 Å². The highest BCUT2D eigenvalue weighted by Crippen LogP contribution is 2.26. The van der Waals surface area contributed by atoms with E-state index in [1.165, 1.54) is 0 Å². The third-order valence-corrected chi connectivity index (χ3v) is 2.19. The van der Waals surface area contributed by atoms with Crippen molar-refractivity contribution in [3.63, 3.8) is 0 Å². The summed E-state index contributed by atoms with van der Waals surface area (Å²) in [5, 5.41) is 12.4. The maximum Gasteiger partial charge on any atom is 0.0834 e. The predicted octanol–water partition coefficient (Wildman–Crippen LogP) is 1.44. The standard InChI is InChI=1S/C11H23N3O/c1-9(2)7-11(3,4)10(14-12)8-13-5-6-15/h8-9,15H,5-7,12H2,1-4H3/b13-8?,14-10+. The first-order chi connectivity index (χ1) is 6.94. The molecular weight excluding hydrogens is 190 g/mol. The highest BCUT2D eigenvalue weighted by atomic mass is 16.3. The van der Waals surface area contributed by atoms with E-state index in [-0.39, 0.29) is 12.0 Å². The van der Waals surface area contributed by atoms with Crippen molar-refractivity contribution in [2.75, 3.05) is 13.2 Å². The quantitative estimate of drug-likeness (QED) is 0.398. The van der Waals surface area contributed by atoms with Crippen LogP contribution < -0.4 is 5.84 Å². The molecule has 0 unspecified atom stereocenters. The number of hydrazone groups is 1. The first-order valence-electron chi connectivity index (χ1n) is 5.33. The lowest BCUT2D eigenvalue weighted by atomic mass is 9.80. The average molecular weight is 213 g/mol. The molecule has 4 heteroatoms. The van der Waals surface area contributed by atoms with E-state index < -0.39 is 0 Å². The van der Waals surface area contributed by atoms with Crippen LogP contribution in [-0.2, 0) is 0 Å². The van der Waals surface area contributed by atoms with Gasteiger partial charge in [-0.2, -0.15) is 5.10 Å². The minimum atomic E-state index is -0.0676. The van der Waals surface area contributed by atoms with Gasteiger partial charge in [0.15, 0.2) is 0 Å². The van der Waals surface area contributed by atoms with Gasteiger partial charge in [-0.1, -0.05) is 27.7 Å². The molecule has 0 rings (SSSR count). The summed E-state index contributed by atoms with van der Waals surface area (Å²) in [6.07, 6.45) is 2.67. The van der Waals surface area contributed by atoms with Crippen molar-refractivity contribution in [3.05, 3.63) is 0 Å². The number of hydrogen-bond acceptors (Lipinski definition) is 4. The van der Waals surface area contributed by atoms with Crippen LogP contribution >= 0.6 is 0 Å². The Morgan fingerprint density at radius 3 is 2.47 bits per heavy atom. The van der Waals surface area contributed by atoms with Gasteiger partial charge in [0, 0.05) is 11.6 Å². The van der Waals surface area contributed by atoms with E-state index in [4.69, 9.17) is 10.9 Å². The van der Waals surface area contributed by atoms with Crippen LogP contribution in [0.5, 0.6) is 0 Å². The Morgan fingerprint density at radius 2 is 2.07 bits per heavy atom. The van der Waals surface area contributed by atoms with E-state index in [9.17, 15) is 0 Å². The van der Waals surface area contributed by atoms with Gasteiger partial charge in [0.1, 0.15) is 0 Å². The molecule has 0 saturated carbocycles. The van der Waals surface area contributed by atoms with Gasteiger partial charge in [-0.05, 0) is 12.3 Å². The molecule has 0 aromatic rings. The maximum atomic E-state index is 8.62. The molecule has 0 aliphatic heterocycles. The zero-order valence-corrected chi connectivity index (χ0v) is 10.2. The molecule has 0 amide bonds. The van der Waals surface area contributed by atoms with Crippen LogP contribution in [0.15, 0.2) is 10.1 Å². The van der Waals surface area contributed by atoms with Crippen molar-refractivity contribution >= 4 is 11.9 Å². The molecule has 0 atom stereocenters. The summed E-state index contributed by atoms with van der Waals surface area (Å²) < 4.78 is 0. The van der Waals surface area contributed by atoms with Gasteiger partial charge >= 0.3 is 0 Å². The normalized spacial score (nSPS) is 14.1. The van der Waals surface area contributed by atoms with Crippen molar-refractivity contribution in [1.82, 2.24) is 0 Å². The topological polar surface area (TPSA) is 71.0 Å². The highest BCUT2D eigenvalue weighted by Gasteiger charge is 2.24. The van der Waals surface area contributed by atoms with E-state index in [2.05, 4.69) is 37.8 Å². The first-order valence-corrected chi connectivity index (χ1v) is 5.33. The average Bonchev–Trinajstić information content (AvgIpc) is 2.09. The van der Waals surface area contributed by atoms with Crippen LogP contribution in [-0.4, -0.2) is 30.2 Å². The largest absolute Gasteiger partial charge is 0.394 e. The SMILES string of the molecule is CC(C)CC(C)(C)/C(C=NCCO)=N/N. The van der Waals surface area contributed by atoms with E-state index in [0.717, 1.165) is 12.1 Å². The second-order valence-electron chi connectivity index (χ2n) is 4.76. The fourth-order valence-electron chi connectivity index (χ4n) is 1.72. The summed E-state index contributed by atoms with van der Waals surface area (Å²) >= 11 is 0. The second-order valence-corrected chi connectivity index (χ2v) is 4.76. The predicted molar refractivity (Wildman–Crippen MR) is 65.3 cm³/mol. The van der Waals surface area contributed by atoms with Gasteiger partial charge in [0.25, 0.3) is 0 Å². The van der Waals surface area contributed by atoms with E-state index >= 15 is 0 Å². The van der Waals surface area contributed by atoms with Crippen molar-refractivity contribution < 1.29 is 5.11 Å². The van der Waals surface area contributed by atoms with Gasteiger partial charge < -0.3 is 10.9 Å². The molecule has 0 radical (unpaired) electrons. The van der Waals surface area contributed by atoms with Crippen LogP contribution in [0.25, 0.3) is 0 Å². The number of hydrogen-bond donors (Lipinski definition) is 2. The molecule has 15 heavy (non-hydrogen) atoms. The molecule has 88 valence electrons. The number of aliphatic imine (C=N–C) groups is 1. The molecule has 0 saturated heterocycles. The van der Waals surface area contributed by atoms with Crippen molar-refractivity contribution in [1.29, 1.82) is 0 Å². The summed E-state index contributed by atoms with van der Waals surface area (Å²) in [5.41, 5.74) is 0.714. The van der Waals surface area contributed by atoms with Gasteiger partial charge in [-0.25, -0.2) is 0 Å².